The Morgan fingerprint density at radius 3 is 2.68 bits per heavy atom. The molecule has 28 heavy (non-hydrogen) atoms. The molecule has 1 atom stereocenters. The number of fused-ring (bicyclic) bond motifs is 1. The van der Waals surface area contributed by atoms with Crippen molar-refractivity contribution >= 4 is 26.8 Å². The summed E-state index contributed by atoms with van der Waals surface area (Å²) in [5.41, 5.74) is 1.40. The second-order valence-electron chi connectivity index (χ2n) is 6.81. The number of hydrogen-bond acceptors (Lipinski definition) is 4. The molecule has 1 N–H and O–H groups in total. The number of benzene rings is 2. The van der Waals surface area contributed by atoms with Crippen LogP contribution in [-0.4, -0.2) is 36.2 Å². The number of carbonyl (C=O) groups excluding carboxylic acids is 1. The number of carbonyl (C=O) groups is 1. The van der Waals surface area contributed by atoms with Gasteiger partial charge in [-0.3, -0.25) is 9.78 Å². The first kappa shape index (κ1) is 18.6. The van der Waals surface area contributed by atoms with Crippen LogP contribution in [0, 0.1) is 0 Å². The van der Waals surface area contributed by atoms with Crippen LogP contribution in [0.3, 0.4) is 0 Å². The zero-order valence-electron chi connectivity index (χ0n) is 15.3. The summed E-state index contributed by atoms with van der Waals surface area (Å²) in [4.78, 5) is 17.1. The Kier molecular flexibility index (Phi) is 5.11. The molecule has 3 aromatic rings. The van der Waals surface area contributed by atoms with Gasteiger partial charge in [-0.15, -0.1) is 0 Å². The number of sulfonamides is 1. The van der Waals surface area contributed by atoms with Crippen LogP contribution in [0.2, 0.25) is 0 Å². The zero-order valence-corrected chi connectivity index (χ0v) is 16.1. The van der Waals surface area contributed by atoms with Crippen molar-refractivity contribution < 1.29 is 13.2 Å². The Labute approximate surface area is 164 Å². The molecule has 6 nitrogen and oxygen atoms in total. The number of para-hydroxylation sites is 1. The largest absolute Gasteiger partial charge is 0.351 e. The van der Waals surface area contributed by atoms with E-state index in [0.29, 0.717) is 31.4 Å². The molecule has 1 aliphatic rings. The van der Waals surface area contributed by atoms with E-state index in [0.717, 1.165) is 10.9 Å². The summed E-state index contributed by atoms with van der Waals surface area (Å²) in [6.45, 7) is 0.703. The van der Waals surface area contributed by atoms with E-state index in [2.05, 4.69) is 10.3 Å². The van der Waals surface area contributed by atoms with E-state index < -0.39 is 16.1 Å². The Morgan fingerprint density at radius 2 is 1.86 bits per heavy atom. The summed E-state index contributed by atoms with van der Waals surface area (Å²) in [7, 11) is -3.83. The van der Waals surface area contributed by atoms with Gasteiger partial charge in [0, 0.05) is 24.7 Å². The van der Waals surface area contributed by atoms with Gasteiger partial charge < -0.3 is 5.32 Å². The van der Waals surface area contributed by atoms with Crippen LogP contribution in [0.25, 0.3) is 10.9 Å². The molecule has 7 heteroatoms. The van der Waals surface area contributed by atoms with Crippen molar-refractivity contribution in [2.75, 3.05) is 6.54 Å². The molecule has 4 rings (SSSR count). The minimum atomic E-state index is -3.83. The molecule has 1 fully saturated rings. The standard InChI is InChI=1S/C21H21N3O3S/c25-21(23-15-16-7-2-1-3-8-16)18-11-6-14-24(18)28(26,27)19-12-4-9-17-10-5-13-22-20(17)19/h1-5,7-10,12-13,18H,6,11,14-15H2,(H,23,25)/t18-/m0/s1. The summed E-state index contributed by atoms with van der Waals surface area (Å²) >= 11 is 0. The highest BCUT2D eigenvalue weighted by molar-refractivity contribution is 7.89. The molecular formula is C21H21N3O3S. The minimum absolute atomic E-state index is 0.147. The van der Waals surface area contributed by atoms with Crippen molar-refractivity contribution in [2.45, 2.75) is 30.3 Å². The molecule has 2 heterocycles. The fourth-order valence-corrected chi connectivity index (χ4v) is 5.43. The van der Waals surface area contributed by atoms with Crippen LogP contribution >= 0.6 is 0 Å². The Balaban J connectivity index is 1.59. The molecular weight excluding hydrogens is 374 g/mol. The van der Waals surface area contributed by atoms with Gasteiger partial charge in [0.05, 0.1) is 5.52 Å². The van der Waals surface area contributed by atoms with Gasteiger partial charge >= 0.3 is 0 Å². The molecule has 1 aromatic heterocycles. The number of pyridine rings is 1. The molecule has 1 saturated heterocycles. The number of nitrogens with zero attached hydrogens (tertiary/aromatic N) is 2. The molecule has 0 bridgehead atoms. The zero-order chi connectivity index (χ0) is 19.6. The van der Waals surface area contributed by atoms with Gasteiger partial charge in [-0.05, 0) is 30.5 Å². The Morgan fingerprint density at radius 1 is 1.07 bits per heavy atom. The van der Waals surface area contributed by atoms with Crippen LogP contribution < -0.4 is 5.32 Å². The van der Waals surface area contributed by atoms with Gasteiger partial charge in [0.2, 0.25) is 15.9 Å². The first-order chi connectivity index (χ1) is 13.6. The summed E-state index contributed by atoms with van der Waals surface area (Å²) < 4.78 is 28.0. The number of amides is 1. The maximum absolute atomic E-state index is 13.3. The van der Waals surface area contributed by atoms with E-state index in [1.54, 1.807) is 24.4 Å². The number of aromatic nitrogens is 1. The predicted molar refractivity (Wildman–Crippen MR) is 107 cm³/mol. The second kappa shape index (κ2) is 7.69. The second-order valence-corrected chi connectivity index (χ2v) is 8.67. The smallest absolute Gasteiger partial charge is 0.245 e. The SMILES string of the molecule is O=C(NCc1ccccc1)[C@@H]1CCCN1S(=O)(=O)c1cccc2cccnc12. The molecule has 2 aromatic carbocycles. The summed E-state index contributed by atoms with van der Waals surface area (Å²) in [5.74, 6) is -0.266. The molecule has 0 unspecified atom stereocenters. The molecule has 0 saturated carbocycles. The van der Waals surface area contributed by atoms with Crippen LogP contribution in [0.15, 0.2) is 71.8 Å². The van der Waals surface area contributed by atoms with Crippen LogP contribution in [0.4, 0.5) is 0 Å². The molecule has 0 aliphatic carbocycles. The van der Waals surface area contributed by atoms with E-state index in [9.17, 15) is 13.2 Å². The lowest BCUT2D eigenvalue weighted by molar-refractivity contribution is -0.124. The van der Waals surface area contributed by atoms with E-state index in [4.69, 9.17) is 0 Å². The Bertz CT molecular complexity index is 1090. The highest BCUT2D eigenvalue weighted by Gasteiger charge is 2.40. The van der Waals surface area contributed by atoms with Crippen molar-refractivity contribution in [3.8, 4) is 0 Å². The quantitative estimate of drug-likeness (QED) is 0.720. The average molecular weight is 395 g/mol. The van der Waals surface area contributed by atoms with E-state index >= 15 is 0 Å². The normalized spacial score (nSPS) is 17.6. The van der Waals surface area contributed by atoms with Gasteiger partial charge in [0.25, 0.3) is 0 Å². The first-order valence-corrected chi connectivity index (χ1v) is 10.7. The lowest BCUT2D eigenvalue weighted by atomic mass is 10.2. The van der Waals surface area contributed by atoms with Gasteiger partial charge in [0.1, 0.15) is 10.9 Å². The van der Waals surface area contributed by atoms with Gasteiger partial charge in [-0.1, -0.05) is 48.5 Å². The first-order valence-electron chi connectivity index (χ1n) is 9.24. The Hall–Kier alpha value is -2.77. The van der Waals surface area contributed by atoms with Crippen LogP contribution in [0.1, 0.15) is 18.4 Å². The van der Waals surface area contributed by atoms with E-state index in [-0.39, 0.29) is 10.8 Å². The average Bonchev–Trinajstić information content (AvgIpc) is 3.23. The van der Waals surface area contributed by atoms with Crippen LogP contribution in [-0.2, 0) is 21.4 Å². The van der Waals surface area contributed by atoms with Gasteiger partial charge in [0.15, 0.2) is 0 Å². The summed E-state index contributed by atoms with van der Waals surface area (Å²) in [5, 5.41) is 3.63. The highest BCUT2D eigenvalue weighted by Crippen LogP contribution is 2.29. The minimum Gasteiger partial charge on any atom is -0.351 e. The predicted octanol–water partition coefficient (Wildman–Crippen LogP) is 2.70. The molecule has 0 spiro atoms. The van der Waals surface area contributed by atoms with Crippen molar-refractivity contribution in [3.63, 3.8) is 0 Å². The lowest BCUT2D eigenvalue weighted by Crippen LogP contribution is -2.45. The number of hydrogen-bond donors (Lipinski definition) is 1. The van der Waals surface area contributed by atoms with Crippen molar-refractivity contribution in [2.24, 2.45) is 0 Å². The molecule has 0 radical (unpaired) electrons. The third-order valence-corrected chi connectivity index (χ3v) is 6.94. The van der Waals surface area contributed by atoms with E-state index in [1.165, 1.54) is 4.31 Å². The highest BCUT2D eigenvalue weighted by atomic mass is 32.2. The third kappa shape index (κ3) is 3.50. The fraction of sp³-hybridized carbons (Fsp3) is 0.238. The summed E-state index contributed by atoms with van der Waals surface area (Å²) in [6.07, 6.45) is 2.74. The lowest BCUT2D eigenvalue weighted by Gasteiger charge is -2.24. The third-order valence-electron chi connectivity index (χ3n) is 5.00. The van der Waals surface area contributed by atoms with Crippen molar-refractivity contribution in [3.05, 3.63) is 72.4 Å². The molecule has 144 valence electrons. The van der Waals surface area contributed by atoms with Gasteiger partial charge in [-0.25, -0.2) is 8.42 Å². The molecule has 1 aliphatic heterocycles. The monoisotopic (exact) mass is 395 g/mol. The van der Waals surface area contributed by atoms with Crippen LogP contribution in [0.5, 0.6) is 0 Å². The van der Waals surface area contributed by atoms with E-state index in [1.807, 2.05) is 42.5 Å². The number of nitrogens with one attached hydrogen (secondary N) is 1. The number of rotatable bonds is 5. The topological polar surface area (TPSA) is 79.4 Å². The maximum Gasteiger partial charge on any atom is 0.245 e. The van der Waals surface area contributed by atoms with Crippen molar-refractivity contribution in [1.82, 2.24) is 14.6 Å². The van der Waals surface area contributed by atoms with Crippen molar-refractivity contribution in [1.29, 1.82) is 0 Å². The summed E-state index contributed by atoms with van der Waals surface area (Å²) in [6, 6.07) is 17.6. The molecule has 1 amide bonds. The fourth-order valence-electron chi connectivity index (χ4n) is 3.60. The maximum atomic E-state index is 13.3. The van der Waals surface area contributed by atoms with Gasteiger partial charge in [-0.2, -0.15) is 4.31 Å².